The summed E-state index contributed by atoms with van der Waals surface area (Å²) in [5.41, 5.74) is 3.67. The summed E-state index contributed by atoms with van der Waals surface area (Å²) in [6, 6.07) is 10.8. The van der Waals surface area contributed by atoms with Crippen molar-refractivity contribution in [1.82, 2.24) is 4.57 Å². The van der Waals surface area contributed by atoms with E-state index in [1.165, 1.54) is 28.0 Å². The van der Waals surface area contributed by atoms with Crippen molar-refractivity contribution in [3.05, 3.63) is 58.1 Å². The third kappa shape index (κ3) is 5.96. The van der Waals surface area contributed by atoms with Crippen LogP contribution in [0.3, 0.4) is 0 Å². The highest BCUT2D eigenvalue weighted by Gasteiger charge is 2.10. The molecule has 0 aliphatic heterocycles. The number of thiazole rings is 1. The molecule has 0 radical (unpaired) electrons. The molecule has 154 valence electrons. The largest absolute Gasteiger partial charge is 0.316 e. The van der Waals surface area contributed by atoms with E-state index in [1.807, 2.05) is 0 Å². The molecule has 3 aromatic rings. The van der Waals surface area contributed by atoms with E-state index < -0.39 is 0 Å². The van der Waals surface area contributed by atoms with Crippen molar-refractivity contribution in [2.24, 2.45) is 4.99 Å². The zero-order valence-corrected chi connectivity index (χ0v) is 19.4. The Morgan fingerprint density at radius 1 is 1.14 bits per heavy atom. The van der Waals surface area contributed by atoms with Crippen LogP contribution >= 0.6 is 34.9 Å². The van der Waals surface area contributed by atoms with Crippen molar-refractivity contribution in [3.63, 3.8) is 0 Å². The smallest absolute Gasteiger partial charge is 0.248 e. The molecule has 0 fully saturated rings. The van der Waals surface area contributed by atoms with Gasteiger partial charge in [0.15, 0.2) is 4.80 Å². The number of rotatable bonds is 8. The molecule has 0 unspecified atom stereocenters. The molecular formula is C22H25FN2OS3. The van der Waals surface area contributed by atoms with Crippen LogP contribution in [0.5, 0.6) is 0 Å². The highest BCUT2D eigenvalue weighted by Crippen LogP contribution is 2.23. The van der Waals surface area contributed by atoms with Crippen LogP contribution in [-0.4, -0.2) is 28.2 Å². The molecule has 7 heteroatoms. The molecule has 1 amide bonds. The van der Waals surface area contributed by atoms with Gasteiger partial charge < -0.3 is 4.57 Å². The Bertz CT molecular complexity index is 1050. The Morgan fingerprint density at radius 3 is 2.59 bits per heavy atom. The number of hydrogen-bond donors (Lipinski definition) is 0. The highest BCUT2D eigenvalue weighted by atomic mass is 32.2. The van der Waals surface area contributed by atoms with E-state index in [-0.39, 0.29) is 11.7 Å². The average Bonchev–Trinajstić information content (AvgIpc) is 3.01. The second-order valence-corrected chi connectivity index (χ2v) is 10.0. The van der Waals surface area contributed by atoms with Crippen LogP contribution < -0.4 is 4.80 Å². The van der Waals surface area contributed by atoms with Gasteiger partial charge in [-0.3, -0.25) is 4.79 Å². The minimum absolute atomic E-state index is 0.0809. The summed E-state index contributed by atoms with van der Waals surface area (Å²) in [5.74, 6) is 1.48. The Morgan fingerprint density at radius 2 is 1.86 bits per heavy atom. The van der Waals surface area contributed by atoms with Gasteiger partial charge in [0.1, 0.15) is 5.82 Å². The zero-order valence-electron chi connectivity index (χ0n) is 16.9. The van der Waals surface area contributed by atoms with E-state index in [9.17, 15) is 9.18 Å². The number of halogens is 1. The molecule has 0 aliphatic rings. The summed E-state index contributed by atoms with van der Waals surface area (Å²) in [6.07, 6.45) is 3.26. The quantitative estimate of drug-likeness (QED) is 0.322. The normalized spacial score (nSPS) is 12.1. The van der Waals surface area contributed by atoms with Gasteiger partial charge in [-0.1, -0.05) is 11.3 Å². The fourth-order valence-electron chi connectivity index (χ4n) is 2.91. The summed E-state index contributed by atoms with van der Waals surface area (Å²) in [4.78, 5) is 18.7. The maximum absolute atomic E-state index is 13.0. The standard InChI is InChI=1S/C22H25FN2OS3/c1-15-13-19-20(14-16(15)2)29-22(25(19)10-12-27-3)24-21(26)5-4-11-28-18-8-6-17(23)7-9-18/h6-9,13-14H,4-5,10-12H2,1-3H3. The molecule has 0 N–H and O–H groups in total. The van der Waals surface area contributed by atoms with E-state index >= 15 is 0 Å². The molecule has 3 rings (SSSR count). The summed E-state index contributed by atoms with van der Waals surface area (Å²) in [5, 5.41) is 0. The van der Waals surface area contributed by atoms with E-state index in [1.54, 1.807) is 47.0 Å². The first-order valence-corrected chi connectivity index (χ1v) is 12.7. The number of fused-ring (bicyclic) bond motifs is 1. The van der Waals surface area contributed by atoms with Crippen molar-refractivity contribution in [1.29, 1.82) is 0 Å². The van der Waals surface area contributed by atoms with Crippen LogP contribution in [0.25, 0.3) is 10.2 Å². The summed E-state index contributed by atoms with van der Waals surface area (Å²) >= 11 is 5.01. The predicted octanol–water partition coefficient (Wildman–Crippen LogP) is 5.82. The molecule has 3 nitrogen and oxygen atoms in total. The fourth-order valence-corrected chi connectivity index (χ4v) is 5.28. The number of carbonyl (C=O) groups excluding carboxylic acids is 1. The van der Waals surface area contributed by atoms with Crippen molar-refractivity contribution in [3.8, 4) is 0 Å². The molecule has 0 bridgehead atoms. The lowest BCUT2D eigenvalue weighted by Gasteiger charge is -2.06. The molecule has 0 saturated carbocycles. The van der Waals surface area contributed by atoms with Gasteiger partial charge in [0.2, 0.25) is 5.91 Å². The van der Waals surface area contributed by atoms with Crippen LogP contribution in [0.2, 0.25) is 0 Å². The van der Waals surface area contributed by atoms with Crippen LogP contribution in [-0.2, 0) is 11.3 Å². The van der Waals surface area contributed by atoms with Gasteiger partial charge >= 0.3 is 0 Å². The molecule has 0 aliphatic carbocycles. The van der Waals surface area contributed by atoms with Crippen molar-refractivity contribution >= 4 is 51.0 Å². The lowest BCUT2D eigenvalue weighted by atomic mass is 10.1. The average molecular weight is 449 g/mol. The van der Waals surface area contributed by atoms with Gasteiger partial charge in [0.05, 0.1) is 10.2 Å². The van der Waals surface area contributed by atoms with Crippen molar-refractivity contribution in [2.75, 3.05) is 17.8 Å². The second kappa shape index (κ2) is 10.5. The van der Waals surface area contributed by atoms with Crippen LogP contribution in [0.1, 0.15) is 24.0 Å². The van der Waals surface area contributed by atoms with Crippen LogP contribution in [0.4, 0.5) is 4.39 Å². The van der Waals surface area contributed by atoms with E-state index in [2.05, 4.69) is 41.8 Å². The monoisotopic (exact) mass is 448 g/mol. The Hall–Kier alpha value is -1.57. The number of benzene rings is 2. The second-order valence-electron chi connectivity index (χ2n) is 6.84. The molecule has 0 atom stereocenters. The maximum atomic E-state index is 13.0. The summed E-state index contributed by atoms with van der Waals surface area (Å²) in [6.45, 7) is 5.07. The third-order valence-corrected chi connectivity index (χ3v) is 7.39. The van der Waals surface area contributed by atoms with E-state index in [4.69, 9.17) is 0 Å². The zero-order chi connectivity index (χ0) is 20.8. The topological polar surface area (TPSA) is 34.4 Å². The number of aryl methyl sites for hydroxylation is 3. The number of amides is 1. The van der Waals surface area contributed by atoms with Gasteiger partial charge in [-0.15, -0.1) is 11.8 Å². The Balaban J connectivity index is 1.70. The highest BCUT2D eigenvalue weighted by molar-refractivity contribution is 7.99. The number of nitrogens with zero attached hydrogens (tertiary/aromatic N) is 2. The van der Waals surface area contributed by atoms with Crippen molar-refractivity contribution in [2.45, 2.75) is 38.1 Å². The first-order chi connectivity index (χ1) is 14.0. The molecule has 0 spiro atoms. The Labute approximate surface area is 183 Å². The minimum Gasteiger partial charge on any atom is -0.316 e. The number of hydrogen-bond acceptors (Lipinski definition) is 4. The Kier molecular flexibility index (Phi) is 7.98. The minimum atomic E-state index is -0.230. The molecule has 0 saturated heterocycles. The molecular weight excluding hydrogens is 423 g/mol. The predicted molar refractivity (Wildman–Crippen MR) is 125 cm³/mol. The van der Waals surface area contributed by atoms with E-state index in [0.717, 1.165) is 39.7 Å². The van der Waals surface area contributed by atoms with Crippen LogP contribution in [0, 0.1) is 19.7 Å². The SMILES string of the molecule is CSCCn1c(=NC(=O)CCCSc2ccc(F)cc2)sc2cc(C)c(C)cc21. The number of carbonyl (C=O) groups is 1. The molecule has 1 aromatic heterocycles. The summed E-state index contributed by atoms with van der Waals surface area (Å²) in [7, 11) is 0. The number of thioether (sulfide) groups is 2. The van der Waals surface area contributed by atoms with Gasteiger partial charge in [0, 0.05) is 23.6 Å². The van der Waals surface area contributed by atoms with Crippen molar-refractivity contribution < 1.29 is 9.18 Å². The molecule has 1 heterocycles. The van der Waals surface area contributed by atoms with Gasteiger partial charge in [0.25, 0.3) is 0 Å². The first kappa shape index (κ1) is 22.1. The van der Waals surface area contributed by atoms with E-state index in [0.29, 0.717) is 6.42 Å². The third-order valence-electron chi connectivity index (χ3n) is 4.65. The first-order valence-electron chi connectivity index (χ1n) is 9.53. The lowest BCUT2D eigenvalue weighted by molar-refractivity contribution is -0.118. The molecule has 2 aromatic carbocycles. The number of aromatic nitrogens is 1. The molecule has 29 heavy (non-hydrogen) atoms. The summed E-state index contributed by atoms with van der Waals surface area (Å²) < 4.78 is 16.3. The maximum Gasteiger partial charge on any atom is 0.248 e. The fraction of sp³-hybridized carbons (Fsp3) is 0.364. The lowest BCUT2D eigenvalue weighted by Crippen LogP contribution is -2.18. The van der Waals surface area contributed by atoms with Crippen LogP contribution in [0.15, 0.2) is 46.3 Å². The van der Waals surface area contributed by atoms with Gasteiger partial charge in [-0.2, -0.15) is 16.8 Å². The van der Waals surface area contributed by atoms with Gasteiger partial charge in [-0.05, 0) is 79.8 Å². The van der Waals surface area contributed by atoms with Gasteiger partial charge in [-0.25, -0.2) is 4.39 Å².